The molecular weight excluding hydrogens is 516 g/mol. The van der Waals surface area contributed by atoms with Crippen LogP contribution in [0, 0.1) is 11.6 Å². The second-order valence-corrected chi connectivity index (χ2v) is 10.2. The molecule has 2 heterocycles. The fourth-order valence-corrected chi connectivity index (χ4v) is 5.27. The second kappa shape index (κ2) is 12.0. The molecule has 4 amide bonds. The minimum Gasteiger partial charge on any atom is -0.497 e. The summed E-state index contributed by atoms with van der Waals surface area (Å²) in [7, 11) is 3.21. The van der Waals surface area contributed by atoms with Crippen LogP contribution >= 0.6 is 11.8 Å². The number of methoxy groups -OCH3 is 1. The average molecular weight is 548 g/mol. The van der Waals surface area contributed by atoms with E-state index in [0.717, 1.165) is 17.7 Å². The number of hydrogen-bond donors (Lipinski definition) is 1. The zero-order valence-corrected chi connectivity index (χ0v) is 22.3. The molecule has 4 rings (SSSR count). The molecule has 12 heteroatoms. The van der Waals surface area contributed by atoms with Crippen molar-refractivity contribution in [3.05, 3.63) is 65.2 Å². The van der Waals surface area contributed by atoms with E-state index in [1.807, 2.05) is 18.4 Å². The van der Waals surface area contributed by atoms with Gasteiger partial charge in [-0.15, -0.1) is 0 Å². The van der Waals surface area contributed by atoms with Crippen molar-refractivity contribution in [2.24, 2.45) is 0 Å². The summed E-state index contributed by atoms with van der Waals surface area (Å²) < 4.78 is 33.1. The molecular formula is C26H31F2N5O4S. The molecule has 9 nitrogen and oxygen atoms in total. The van der Waals surface area contributed by atoms with Crippen molar-refractivity contribution < 1.29 is 27.9 Å². The van der Waals surface area contributed by atoms with Crippen LogP contribution in [-0.2, 0) is 22.7 Å². The topological polar surface area (TPSA) is 85.4 Å². The minimum absolute atomic E-state index is 0.0164. The molecule has 0 unspecified atom stereocenters. The first-order valence-corrected chi connectivity index (χ1v) is 13.6. The maximum Gasteiger partial charge on any atom is 0.334 e. The van der Waals surface area contributed by atoms with Crippen LogP contribution in [0.4, 0.5) is 13.6 Å². The molecule has 2 fully saturated rings. The van der Waals surface area contributed by atoms with E-state index in [9.17, 15) is 23.2 Å². The molecule has 0 radical (unpaired) electrons. The van der Waals surface area contributed by atoms with Crippen LogP contribution in [0.25, 0.3) is 0 Å². The third-order valence-electron chi connectivity index (χ3n) is 6.72. The van der Waals surface area contributed by atoms with Gasteiger partial charge in [-0.3, -0.25) is 9.59 Å². The normalized spacial score (nSPS) is 20.0. The minimum atomic E-state index is -0.803. The van der Waals surface area contributed by atoms with Gasteiger partial charge in [-0.2, -0.15) is 11.8 Å². The number of carbonyl (C=O) groups excluding carboxylic acids is 3. The molecule has 204 valence electrons. The molecule has 0 bridgehead atoms. The van der Waals surface area contributed by atoms with Crippen LogP contribution in [0.5, 0.6) is 5.75 Å². The fraction of sp³-hybridized carbons (Fsp3) is 0.423. The van der Waals surface area contributed by atoms with E-state index < -0.39 is 29.9 Å². The van der Waals surface area contributed by atoms with Gasteiger partial charge in [-0.05, 0) is 42.2 Å². The molecule has 2 aromatic carbocycles. The van der Waals surface area contributed by atoms with E-state index >= 15 is 0 Å². The van der Waals surface area contributed by atoms with Gasteiger partial charge in [0.25, 0.3) is 0 Å². The summed E-state index contributed by atoms with van der Waals surface area (Å²) in [5.74, 6) is -0.734. The second-order valence-electron chi connectivity index (χ2n) is 9.20. The Bertz CT molecular complexity index is 1180. The molecule has 2 atom stereocenters. The molecule has 0 aromatic heterocycles. The number of urea groups is 1. The quantitative estimate of drug-likeness (QED) is 0.547. The first-order valence-electron chi connectivity index (χ1n) is 12.2. The molecule has 0 aliphatic carbocycles. The highest BCUT2D eigenvalue weighted by atomic mass is 32.2. The molecule has 1 N–H and O–H groups in total. The lowest BCUT2D eigenvalue weighted by atomic mass is 10.0. The van der Waals surface area contributed by atoms with Gasteiger partial charge in [0.15, 0.2) is 0 Å². The van der Waals surface area contributed by atoms with Crippen molar-refractivity contribution in [2.75, 3.05) is 39.3 Å². The van der Waals surface area contributed by atoms with Crippen molar-refractivity contribution in [3.63, 3.8) is 0 Å². The van der Waals surface area contributed by atoms with E-state index in [1.54, 1.807) is 38.1 Å². The number of rotatable bonds is 8. The number of thioether (sulfide) groups is 1. The number of amides is 4. The molecule has 2 aliphatic rings. The highest BCUT2D eigenvalue weighted by Crippen LogP contribution is 2.29. The van der Waals surface area contributed by atoms with Gasteiger partial charge in [0.1, 0.15) is 29.6 Å². The molecule has 38 heavy (non-hydrogen) atoms. The smallest absolute Gasteiger partial charge is 0.334 e. The summed E-state index contributed by atoms with van der Waals surface area (Å²) >= 11 is 1.54. The Kier molecular flexibility index (Phi) is 8.72. The van der Waals surface area contributed by atoms with E-state index in [4.69, 9.17) is 4.74 Å². The molecule has 2 aromatic rings. The average Bonchev–Trinajstić information content (AvgIpc) is 2.89. The third kappa shape index (κ3) is 5.86. The van der Waals surface area contributed by atoms with Gasteiger partial charge in [0.05, 0.1) is 20.2 Å². The number of nitrogens with zero attached hydrogens (tertiary/aromatic N) is 4. The van der Waals surface area contributed by atoms with Crippen LogP contribution in [0.1, 0.15) is 17.5 Å². The van der Waals surface area contributed by atoms with Gasteiger partial charge in [-0.1, -0.05) is 18.2 Å². The van der Waals surface area contributed by atoms with E-state index in [1.165, 1.54) is 25.9 Å². The number of hydrogen-bond acceptors (Lipinski definition) is 6. The summed E-state index contributed by atoms with van der Waals surface area (Å²) in [5.41, 5.74) is 1.01. The maximum atomic E-state index is 14.5. The van der Waals surface area contributed by atoms with Crippen LogP contribution < -0.4 is 10.1 Å². The SMILES string of the molecule is COc1ccc(CNC(=O)N2[C@H]3CN(Cc4ccc(F)cc4F)C(=O)[C@H](CCSC)N3C(=O)CN2C)cc1. The van der Waals surface area contributed by atoms with Crippen molar-refractivity contribution in [2.45, 2.75) is 31.7 Å². The van der Waals surface area contributed by atoms with Crippen molar-refractivity contribution in [3.8, 4) is 5.75 Å². The van der Waals surface area contributed by atoms with Gasteiger partial charge >= 0.3 is 6.03 Å². The lowest BCUT2D eigenvalue weighted by molar-refractivity contribution is -0.187. The lowest BCUT2D eigenvalue weighted by Gasteiger charge is -2.54. The van der Waals surface area contributed by atoms with Crippen LogP contribution in [0.2, 0.25) is 0 Å². The van der Waals surface area contributed by atoms with Crippen molar-refractivity contribution >= 4 is 29.6 Å². The van der Waals surface area contributed by atoms with Crippen LogP contribution in [-0.4, -0.2) is 89.1 Å². The Morgan fingerprint density at radius 3 is 2.55 bits per heavy atom. The summed E-state index contributed by atoms with van der Waals surface area (Å²) in [6.07, 6.45) is 1.50. The number of fused-ring (bicyclic) bond motifs is 1. The number of hydrazine groups is 1. The van der Waals surface area contributed by atoms with E-state index in [2.05, 4.69) is 5.32 Å². The van der Waals surface area contributed by atoms with E-state index in [0.29, 0.717) is 17.9 Å². The zero-order valence-electron chi connectivity index (χ0n) is 21.5. The molecule has 0 saturated carbocycles. The van der Waals surface area contributed by atoms with Gasteiger partial charge in [-0.25, -0.2) is 23.6 Å². The Balaban J connectivity index is 1.59. The van der Waals surface area contributed by atoms with Gasteiger partial charge < -0.3 is 19.9 Å². The van der Waals surface area contributed by atoms with Crippen LogP contribution in [0.15, 0.2) is 42.5 Å². The highest BCUT2D eigenvalue weighted by molar-refractivity contribution is 7.98. The number of halogens is 2. The number of likely N-dealkylation sites (N-methyl/N-ethyl adjacent to an activating group) is 1. The molecule has 2 saturated heterocycles. The Morgan fingerprint density at radius 1 is 1.16 bits per heavy atom. The lowest BCUT2D eigenvalue weighted by Crippen LogP contribution is -2.75. The van der Waals surface area contributed by atoms with Crippen molar-refractivity contribution in [1.29, 1.82) is 0 Å². The molecule has 0 spiro atoms. The maximum absolute atomic E-state index is 14.5. The predicted molar refractivity (Wildman–Crippen MR) is 139 cm³/mol. The number of carbonyl (C=O) groups is 3. The predicted octanol–water partition coefficient (Wildman–Crippen LogP) is 2.66. The zero-order chi connectivity index (χ0) is 27.4. The molecule has 2 aliphatic heterocycles. The largest absolute Gasteiger partial charge is 0.497 e. The Labute approximate surface area is 224 Å². The first kappa shape index (κ1) is 27.6. The Hall–Kier alpha value is -3.38. The van der Waals surface area contributed by atoms with Gasteiger partial charge in [0.2, 0.25) is 11.8 Å². The summed E-state index contributed by atoms with van der Waals surface area (Å²) in [5, 5.41) is 5.87. The van der Waals surface area contributed by atoms with E-state index in [-0.39, 0.29) is 43.6 Å². The standard InChI is InChI=1S/C26H31F2N5O4S/c1-30-16-24(34)32-22(10-11-38-3)25(35)31(14-18-6-7-19(27)12-21(18)28)15-23(32)33(30)26(36)29-13-17-4-8-20(37-2)9-5-17/h4-9,12,22-23H,10-11,13-16H2,1-3H3,(H,29,36)/t22-,23-/m0/s1. The number of nitrogens with one attached hydrogen (secondary N) is 1. The number of piperazine rings is 1. The highest BCUT2D eigenvalue weighted by Gasteiger charge is 2.50. The van der Waals surface area contributed by atoms with Crippen molar-refractivity contribution in [1.82, 2.24) is 25.1 Å². The first-order chi connectivity index (χ1) is 18.2. The number of benzene rings is 2. The fourth-order valence-electron chi connectivity index (χ4n) is 4.81. The monoisotopic (exact) mass is 547 g/mol. The summed E-state index contributed by atoms with van der Waals surface area (Å²) in [6.45, 7) is 0.0526. The third-order valence-corrected chi connectivity index (χ3v) is 7.37. The van der Waals surface area contributed by atoms with Crippen LogP contribution in [0.3, 0.4) is 0 Å². The van der Waals surface area contributed by atoms with Gasteiger partial charge in [0, 0.05) is 31.8 Å². The summed E-state index contributed by atoms with van der Waals surface area (Å²) in [6, 6.07) is 9.25. The summed E-state index contributed by atoms with van der Waals surface area (Å²) in [4.78, 5) is 43.0. The number of ether oxygens (including phenoxy) is 1. The Morgan fingerprint density at radius 2 is 1.89 bits per heavy atom.